The Bertz CT molecular complexity index is 1190. The summed E-state index contributed by atoms with van der Waals surface area (Å²) >= 11 is 0. The molecule has 0 aliphatic heterocycles. The second-order valence-electron chi connectivity index (χ2n) is 7.49. The van der Waals surface area contributed by atoms with Gasteiger partial charge in [-0.25, -0.2) is 0 Å². The minimum absolute atomic E-state index is 0.641. The first-order valence-electron chi connectivity index (χ1n) is 11.1. The van der Waals surface area contributed by atoms with E-state index in [1.807, 2.05) is 48.5 Å². The number of rotatable bonds is 6. The van der Waals surface area contributed by atoms with E-state index in [1.54, 1.807) is 12.1 Å². The van der Waals surface area contributed by atoms with Gasteiger partial charge in [-0.3, -0.25) is 0 Å². The Labute approximate surface area is 191 Å². The fraction of sp³-hybridized carbons (Fsp3) is 0.233. The molecular weight excluding hydrogens is 390 g/mol. The topological polar surface area (TPSA) is 33.0 Å². The van der Waals surface area contributed by atoms with Crippen LogP contribution in [-0.4, -0.2) is 6.61 Å². The van der Waals surface area contributed by atoms with Crippen molar-refractivity contribution in [2.24, 2.45) is 0 Å². The van der Waals surface area contributed by atoms with Gasteiger partial charge < -0.3 is 4.74 Å². The van der Waals surface area contributed by atoms with Gasteiger partial charge >= 0.3 is 0 Å². The van der Waals surface area contributed by atoms with Crippen molar-refractivity contribution < 1.29 is 4.74 Å². The number of ether oxygens (including phenoxy) is 1. The van der Waals surface area contributed by atoms with E-state index in [0.29, 0.717) is 5.56 Å². The smallest absolute Gasteiger partial charge is 0.119 e. The van der Waals surface area contributed by atoms with Crippen molar-refractivity contribution in [1.82, 2.24) is 0 Å². The van der Waals surface area contributed by atoms with Crippen molar-refractivity contribution in [1.29, 1.82) is 5.26 Å². The second-order valence-corrected chi connectivity index (χ2v) is 7.49. The van der Waals surface area contributed by atoms with Gasteiger partial charge in [0.25, 0.3) is 0 Å². The Morgan fingerprint density at radius 1 is 0.688 bits per heavy atom. The monoisotopic (exact) mass is 417 g/mol. The largest absolute Gasteiger partial charge is 0.494 e. The third-order valence-electron chi connectivity index (χ3n) is 5.06. The van der Waals surface area contributed by atoms with Crippen LogP contribution in [0.15, 0.2) is 66.7 Å². The maximum absolute atomic E-state index is 8.90. The lowest BCUT2D eigenvalue weighted by atomic mass is 10.0. The molecule has 2 nitrogen and oxygen atoms in total. The quantitative estimate of drug-likeness (QED) is 0.339. The first kappa shape index (κ1) is 22.7. The normalized spacial score (nSPS) is 9.66. The minimum atomic E-state index is 0.641. The molecule has 0 radical (unpaired) electrons. The molecule has 0 saturated heterocycles. The van der Waals surface area contributed by atoms with Crippen LogP contribution in [0.4, 0.5) is 0 Å². The van der Waals surface area contributed by atoms with Gasteiger partial charge in [0.15, 0.2) is 0 Å². The Hall–Kier alpha value is -3.93. The zero-order chi connectivity index (χ0) is 22.6. The van der Waals surface area contributed by atoms with Gasteiger partial charge in [-0.15, -0.1) is 0 Å². The summed E-state index contributed by atoms with van der Waals surface area (Å²) in [5.74, 6) is 13.8. The van der Waals surface area contributed by atoms with Crippen LogP contribution >= 0.6 is 0 Å². The maximum Gasteiger partial charge on any atom is 0.119 e. The molecule has 0 aromatic heterocycles. The van der Waals surface area contributed by atoms with Gasteiger partial charge in [0.05, 0.1) is 18.2 Å². The van der Waals surface area contributed by atoms with Gasteiger partial charge in [0, 0.05) is 22.3 Å². The highest BCUT2D eigenvalue weighted by atomic mass is 16.5. The highest BCUT2D eigenvalue weighted by Crippen LogP contribution is 2.14. The van der Waals surface area contributed by atoms with Gasteiger partial charge in [-0.1, -0.05) is 50.4 Å². The van der Waals surface area contributed by atoms with Crippen LogP contribution in [0.2, 0.25) is 0 Å². The van der Waals surface area contributed by atoms with Crippen molar-refractivity contribution in [2.75, 3.05) is 6.61 Å². The van der Waals surface area contributed by atoms with Crippen molar-refractivity contribution in [3.63, 3.8) is 0 Å². The third kappa shape index (κ3) is 6.80. The zero-order valence-electron chi connectivity index (χ0n) is 18.7. The van der Waals surface area contributed by atoms with Crippen molar-refractivity contribution in [3.8, 4) is 35.5 Å². The zero-order valence-corrected chi connectivity index (χ0v) is 18.7. The van der Waals surface area contributed by atoms with Crippen LogP contribution < -0.4 is 4.74 Å². The number of benzene rings is 3. The van der Waals surface area contributed by atoms with Crippen molar-refractivity contribution in [3.05, 3.63) is 100 Å². The van der Waals surface area contributed by atoms with Gasteiger partial charge in [-0.2, -0.15) is 5.26 Å². The second kappa shape index (κ2) is 12.1. The SMILES string of the molecule is CCCCCOc1ccc(C#Cc2ccc(C#Cc3ccc(C#N)cc3)c(CC)c2)cc1. The molecular formula is C30H27NO. The molecule has 0 atom stereocenters. The number of nitriles is 1. The Morgan fingerprint density at radius 3 is 1.94 bits per heavy atom. The molecule has 3 aromatic rings. The standard InChI is InChI=1S/C30H27NO/c1-3-5-6-21-32-30-19-15-25(16-20-30)7-10-26-14-18-29(28(4-2)22-26)17-13-24-8-11-27(23-31)12-9-24/h8-9,11-12,14-16,18-20,22H,3-6,21H2,1-2H3. The van der Waals surface area contributed by atoms with E-state index in [2.05, 4.69) is 49.7 Å². The predicted molar refractivity (Wildman–Crippen MR) is 130 cm³/mol. The summed E-state index contributed by atoms with van der Waals surface area (Å²) < 4.78 is 5.76. The molecule has 32 heavy (non-hydrogen) atoms. The lowest BCUT2D eigenvalue weighted by molar-refractivity contribution is 0.306. The molecule has 0 unspecified atom stereocenters. The fourth-order valence-electron chi connectivity index (χ4n) is 3.17. The molecule has 2 heteroatoms. The number of hydrogen-bond donors (Lipinski definition) is 0. The lowest BCUT2D eigenvalue weighted by Gasteiger charge is -2.05. The fourth-order valence-corrected chi connectivity index (χ4v) is 3.17. The molecule has 0 heterocycles. The summed E-state index contributed by atoms with van der Waals surface area (Å²) in [4.78, 5) is 0. The van der Waals surface area contributed by atoms with Crippen molar-refractivity contribution in [2.45, 2.75) is 39.5 Å². The van der Waals surface area contributed by atoms with Crippen LogP contribution in [0.25, 0.3) is 0 Å². The number of aryl methyl sites for hydroxylation is 1. The summed E-state index contributed by atoms with van der Waals surface area (Å²) in [6, 6.07) is 23.6. The third-order valence-corrected chi connectivity index (χ3v) is 5.06. The molecule has 0 N–H and O–H groups in total. The molecule has 0 aliphatic carbocycles. The summed E-state index contributed by atoms with van der Waals surface area (Å²) in [7, 11) is 0. The van der Waals surface area contributed by atoms with Crippen LogP contribution in [0.5, 0.6) is 5.75 Å². The molecule has 3 aromatic carbocycles. The van der Waals surface area contributed by atoms with E-state index >= 15 is 0 Å². The summed E-state index contributed by atoms with van der Waals surface area (Å²) in [5, 5.41) is 8.90. The van der Waals surface area contributed by atoms with Gasteiger partial charge in [0.1, 0.15) is 5.75 Å². The van der Waals surface area contributed by atoms with Crippen LogP contribution in [0.1, 0.15) is 66.5 Å². The van der Waals surface area contributed by atoms with Gasteiger partial charge in [0.2, 0.25) is 0 Å². The molecule has 3 rings (SSSR count). The molecule has 0 saturated carbocycles. The number of nitrogens with zero attached hydrogens (tertiary/aromatic N) is 1. The van der Waals surface area contributed by atoms with E-state index in [4.69, 9.17) is 10.00 Å². The van der Waals surface area contributed by atoms with E-state index in [0.717, 1.165) is 47.5 Å². The Kier molecular flexibility index (Phi) is 8.57. The van der Waals surface area contributed by atoms with Crippen LogP contribution in [0, 0.1) is 35.0 Å². The summed E-state index contributed by atoms with van der Waals surface area (Å²) in [5.41, 5.74) is 5.66. The van der Waals surface area contributed by atoms with Crippen molar-refractivity contribution >= 4 is 0 Å². The Balaban J connectivity index is 1.68. The first-order valence-corrected chi connectivity index (χ1v) is 11.1. The average molecular weight is 418 g/mol. The Morgan fingerprint density at radius 2 is 1.28 bits per heavy atom. The summed E-state index contributed by atoms with van der Waals surface area (Å²) in [6.07, 6.45) is 4.37. The van der Waals surface area contributed by atoms with E-state index in [1.165, 1.54) is 18.4 Å². The van der Waals surface area contributed by atoms with E-state index < -0.39 is 0 Å². The molecule has 0 spiro atoms. The molecule has 0 amide bonds. The van der Waals surface area contributed by atoms with Crippen LogP contribution in [0.3, 0.4) is 0 Å². The predicted octanol–water partition coefficient (Wildman–Crippen LogP) is 6.49. The summed E-state index contributed by atoms with van der Waals surface area (Å²) in [6.45, 7) is 5.08. The van der Waals surface area contributed by atoms with E-state index in [9.17, 15) is 0 Å². The number of hydrogen-bond acceptors (Lipinski definition) is 2. The lowest BCUT2D eigenvalue weighted by Crippen LogP contribution is -1.96. The highest BCUT2D eigenvalue weighted by Gasteiger charge is 2.00. The molecule has 0 bridgehead atoms. The molecule has 0 aliphatic rings. The molecule has 0 fully saturated rings. The highest BCUT2D eigenvalue weighted by molar-refractivity contribution is 5.52. The average Bonchev–Trinajstić information content (AvgIpc) is 2.85. The molecule has 158 valence electrons. The minimum Gasteiger partial charge on any atom is -0.494 e. The van der Waals surface area contributed by atoms with Gasteiger partial charge in [-0.05, 0) is 85.1 Å². The van der Waals surface area contributed by atoms with E-state index in [-0.39, 0.29) is 0 Å². The number of unbranched alkanes of at least 4 members (excludes halogenated alkanes) is 2. The first-order chi connectivity index (χ1) is 15.7. The maximum atomic E-state index is 8.90. The van der Waals surface area contributed by atoms with Crippen LogP contribution in [-0.2, 0) is 6.42 Å².